The van der Waals surface area contributed by atoms with Crippen molar-refractivity contribution >= 4 is 7.12 Å². The molecule has 0 radical (unpaired) electrons. The molecule has 0 aliphatic carbocycles. The molecule has 0 aromatic rings. The Labute approximate surface area is 106 Å². The Kier molecular flexibility index (Phi) is 4.62. The maximum absolute atomic E-state index is 5.99. The molecule has 1 aliphatic rings. The van der Waals surface area contributed by atoms with Gasteiger partial charge in [0.15, 0.2) is 0 Å². The van der Waals surface area contributed by atoms with E-state index in [1.54, 1.807) is 0 Å². The highest BCUT2D eigenvalue weighted by Gasteiger charge is 2.50. The Hall–Kier alpha value is -0.535. The van der Waals surface area contributed by atoms with Gasteiger partial charge in [0, 0.05) is 6.32 Å². The Morgan fingerprint density at radius 1 is 1.12 bits per heavy atom. The van der Waals surface area contributed by atoms with Gasteiger partial charge < -0.3 is 9.31 Å². The first-order chi connectivity index (χ1) is 7.82. The minimum Gasteiger partial charge on any atom is -0.403 e. The molecule has 0 bridgehead atoms. The van der Waals surface area contributed by atoms with E-state index in [1.807, 2.05) is 13.0 Å². The van der Waals surface area contributed by atoms with Crippen molar-refractivity contribution in [2.24, 2.45) is 0 Å². The zero-order valence-corrected chi connectivity index (χ0v) is 12.0. The minimum atomic E-state index is -0.225. The van der Waals surface area contributed by atoms with Crippen molar-refractivity contribution in [3.63, 3.8) is 0 Å². The highest BCUT2D eigenvalue weighted by Crippen LogP contribution is 2.38. The SMILES string of the molecule is C/C=C\C=C(/CC)CB1OC(C)(C)C(C)(C)O1. The summed E-state index contributed by atoms with van der Waals surface area (Å²) in [5.74, 6) is 0. The normalized spacial score (nSPS) is 23.6. The van der Waals surface area contributed by atoms with Crippen molar-refractivity contribution in [3.8, 4) is 0 Å². The predicted octanol–water partition coefficient (Wildman–Crippen LogP) is 3.99. The molecule has 2 nitrogen and oxygen atoms in total. The van der Waals surface area contributed by atoms with Gasteiger partial charge in [-0.25, -0.2) is 0 Å². The number of hydrogen-bond acceptors (Lipinski definition) is 2. The molecule has 0 atom stereocenters. The molecule has 3 heteroatoms. The molecule has 0 spiro atoms. The molecule has 17 heavy (non-hydrogen) atoms. The van der Waals surface area contributed by atoms with Gasteiger partial charge in [-0.15, -0.1) is 0 Å². The van der Waals surface area contributed by atoms with Crippen LogP contribution in [0.5, 0.6) is 0 Å². The summed E-state index contributed by atoms with van der Waals surface area (Å²) in [7, 11) is -0.114. The van der Waals surface area contributed by atoms with Crippen LogP contribution in [0.4, 0.5) is 0 Å². The fraction of sp³-hybridized carbons (Fsp3) is 0.714. The number of hydrogen-bond donors (Lipinski definition) is 0. The summed E-state index contributed by atoms with van der Waals surface area (Å²) in [6.45, 7) is 12.6. The van der Waals surface area contributed by atoms with Crippen LogP contribution in [-0.2, 0) is 9.31 Å². The van der Waals surface area contributed by atoms with Crippen LogP contribution >= 0.6 is 0 Å². The summed E-state index contributed by atoms with van der Waals surface area (Å²) in [5, 5.41) is 0. The van der Waals surface area contributed by atoms with E-state index in [1.165, 1.54) is 5.57 Å². The Morgan fingerprint density at radius 2 is 1.65 bits per heavy atom. The zero-order valence-electron chi connectivity index (χ0n) is 12.0. The Bertz CT molecular complexity index is 300. The van der Waals surface area contributed by atoms with Gasteiger partial charge in [0.1, 0.15) is 0 Å². The number of rotatable bonds is 4. The minimum absolute atomic E-state index is 0.114. The average molecular weight is 236 g/mol. The molecule has 1 heterocycles. The fourth-order valence-electron chi connectivity index (χ4n) is 1.83. The topological polar surface area (TPSA) is 18.5 Å². The lowest BCUT2D eigenvalue weighted by Crippen LogP contribution is -2.41. The molecule has 0 unspecified atom stereocenters. The van der Waals surface area contributed by atoms with Gasteiger partial charge in [-0.3, -0.25) is 0 Å². The van der Waals surface area contributed by atoms with Gasteiger partial charge in [0.05, 0.1) is 11.2 Å². The van der Waals surface area contributed by atoms with Crippen molar-refractivity contribution in [3.05, 3.63) is 23.8 Å². The molecule has 1 fully saturated rings. The third kappa shape index (κ3) is 3.46. The maximum atomic E-state index is 5.99. The van der Waals surface area contributed by atoms with E-state index >= 15 is 0 Å². The van der Waals surface area contributed by atoms with Gasteiger partial charge in [-0.2, -0.15) is 0 Å². The first kappa shape index (κ1) is 14.5. The summed E-state index contributed by atoms with van der Waals surface area (Å²) in [5.41, 5.74) is 0.912. The summed E-state index contributed by atoms with van der Waals surface area (Å²) >= 11 is 0. The van der Waals surface area contributed by atoms with Crippen molar-refractivity contribution in [2.75, 3.05) is 0 Å². The molecule has 0 aromatic carbocycles. The van der Waals surface area contributed by atoms with Gasteiger partial charge in [0.2, 0.25) is 0 Å². The van der Waals surface area contributed by atoms with E-state index in [9.17, 15) is 0 Å². The summed E-state index contributed by atoms with van der Waals surface area (Å²) in [6.07, 6.45) is 8.16. The zero-order chi connectivity index (χ0) is 13.1. The van der Waals surface area contributed by atoms with Crippen molar-refractivity contribution < 1.29 is 9.31 Å². The van der Waals surface area contributed by atoms with E-state index in [-0.39, 0.29) is 18.3 Å². The quantitative estimate of drug-likeness (QED) is 0.542. The lowest BCUT2D eigenvalue weighted by Gasteiger charge is -2.32. The third-order valence-corrected chi connectivity index (χ3v) is 3.71. The first-order valence-corrected chi connectivity index (χ1v) is 6.48. The van der Waals surface area contributed by atoms with Crippen molar-refractivity contribution in [1.82, 2.24) is 0 Å². The van der Waals surface area contributed by atoms with Crippen LogP contribution in [0.2, 0.25) is 6.32 Å². The van der Waals surface area contributed by atoms with E-state index in [0.29, 0.717) is 0 Å². The van der Waals surface area contributed by atoms with Gasteiger partial charge in [-0.1, -0.05) is 30.7 Å². The highest BCUT2D eigenvalue weighted by atomic mass is 16.7. The van der Waals surface area contributed by atoms with Gasteiger partial charge in [-0.05, 0) is 41.0 Å². The maximum Gasteiger partial charge on any atom is 0.462 e. The molecule has 96 valence electrons. The molecule has 0 N–H and O–H groups in total. The second-order valence-electron chi connectivity index (χ2n) is 5.59. The van der Waals surface area contributed by atoms with E-state index < -0.39 is 0 Å². The van der Waals surface area contributed by atoms with E-state index in [0.717, 1.165) is 12.7 Å². The summed E-state index contributed by atoms with van der Waals surface area (Å²) < 4.78 is 12.0. The Balaban J connectivity index is 2.66. The second kappa shape index (κ2) is 5.41. The van der Waals surface area contributed by atoms with Gasteiger partial charge in [0.25, 0.3) is 0 Å². The lowest BCUT2D eigenvalue weighted by atomic mass is 9.79. The second-order valence-corrected chi connectivity index (χ2v) is 5.59. The van der Waals surface area contributed by atoms with Crippen LogP contribution in [0.25, 0.3) is 0 Å². The molecule has 0 saturated carbocycles. The van der Waals surface area contributed by atoms with Crippen molar-refractivity contribution in [2.45, 2.75) is 65.5 Å². The molecule has 0 amide bonds. The smallest absolute Gasteiger partial charge is 0.403 e. The molecular formula is C14H25BO2. The standard InChI is InChI=1S/C14H25BO2/c1-7-9-10-12(8-2)11-15-16-13(3,4)14(5,6)17-15/h7,9-10H,8,11H2,1-6H3/b9-7-,12-10+. The molecule has 1 aliphatic heterocycles. The molecule has 0 aromatic heterocycles. The Morgan fingerprint density at radius 3 is 2.06 bits per heavy atom. The first-order valence-electron chi connectivity index (χ1n) is 6.48. The molecule has 1 saturated heterocycles. The molecule has 1 rings (SSSR count). The molecular weight excluding hydrogens is 211 g/mol. The van der Waals surface area contributed by atoms with Crippen LogP contribution in [-0.4, -0.2) is 18.3 Å². The largest absolute Gasteiger partial charge is 0.462 e. The van der Waals surface area contributed by atoms with Gasteiger partial charge >= 0.3 is 7.12 Å². The predicted molar refractivity (Wildman–Crippen MR) is 74.1 cm³/mol. The monoisotopic (exact) mass is 236 g/mol. The summed E-state index contributed by atoms with van der Waals surface area (Å²) in [6, 6.07) is 0. The van der Waals surface area contributed by atoms with Crippen LogP contribution in [0, 0.1) is 0 Å². The van der Waals surface area contributed by atoms with Crippen LogP contribution in [0.1, 0.15) is 48.0 Å². The van der Waals surface area contributed by atoms with Crippen molar-refractivity contribution in [1.29, 1.82) is 0 Å². The number of allylic oxidation sites excluding steroid dienone is 4. The third-order valence-electron chi connectivity index (χ3n) is 3.71. The highest BCUT2D eigenvalue weighted by molar-refractivity contribution is 6.46. The lowest BCUT2D eigenvalue weighted by molar-refractivity contribution is 0.00578. The van der Waals surface area contributed by atoms with Crippen LogP contribution < -0.4 is 0 Å². The summed E-state index contributed by atoms with van der Waals surface area (Å²) in [4.78, 5) is 0. The average Bonchev–Trinajstić information content (AvgIpc) is 2.42. The van der Waals surface area contributed by atoms with E-state index in [4.69, 9.17) is 9.31 Å². The van der Waals surface area contributed by atoms with Crippen LogP contribution in [0.3, 0.4) is 0 Å². The van der Waals surface area contributed by atoms with Crippen LogP contribution in [0.15, 0.2) is 23.8 Å². The van der Waals surface area contributed by atoms with E-state index in [2.05, 4.69) is 46.8 Å². The fourth-order valence-corrected chi connectivity index (χ4v) is 1.83.